The minimum Gasteiger partial charge on any atom is -0.493 e. The van der Waals surface area contributed by atoms with E-state index in [1.54, 1.807) is 0 Å². The van der Waals surface area contributed by atoms with Crippen molar-refractivity contribution in [1.29, 1.82) is 0 Å². The first-order valence-corrected chi connectivity index (χ1v) is 2.40. The molecule has 0 bridgehead atoms. The maximum Gasteiger partial charge on any atom is 0.158 e. The molecule has 0 saturated heterocycles. The quantitative estimate of drug-likeness (QED) is 0.336. The maximum absolute atomic E-state index is 5.30. The van der Waals surface area contributed by atoms with Gasteiger partial charge in [-0.15, -0.1) is 0 Å². The smallest absolute Gasteiger partial charge is 0.158 e. The molecule has 0 saturated carbocycles. The van der Waals surface area contributed by atoms with Crippen LogP contribution < -0.4 is 17.2 Å². The van der Waals surface area contributed by atoms with Crippen molar-refractivity contribution in [3.8, 4) is 0 Å². The summed E-state index contributed by atoms with van der Waals surface area (Å²) in [4.78, 5) is 0. The molecule has 0 amide bonds. The van der Waals surface area contributed by atoms with Crippen LogP contribution in [0, 0.1) is 0 Å². The average Bonchev–Trinajstić information content (AvgIpc) is 1.90. The SMILES string of the molecule is COC(=C/N)/C(N)=C\N. The van der Waals surface area contributed by atoms with Crippen LogP contribution in [0.3, 0.4) is 0 Å². The van der Waals surface area contributed by atoms with Crippen LogP contribution in [-0.2, 0) is 4.74 Å². The molecule has 6 N–H and O–H groups in total. The molecule has 0 aromatic heterocycles. The highest BCUT2D eigenvalue weighted by Crippen LogP contribution is 1.98. The molecular formula is C5H11N3O. The van der Waals surface area contributed by atoms with Crippen molar-refractivity contribution in [1.82, 2.24) is 0 Å². The Bertz CT molecular complexity index is 139. The van der Waals surface area contributed by atoms with E-state index in [1.165, 1.54) is 19.5 Å². The van der Waals surface area contributed by atoms with E-state index >= 15 is 0 Å². The van der Waals surface area contributed by atoms with E-state index in [9.17, 15) is 0 Å². The average molecular weight is 129 g/mol. The third kappa shape index (κ3) is 1.94. The molecule has 9 heavy (non-hydrogen) atoms. The zero-order valence-corrected chi connectivity index (χ0v) is 5.29. The van der Waals surface area contributed by atoms with E-state index < -0.39 is 0 Å². The van der Waals surface area contributed by atoms with Gasteiger partial charge in [-0.3, -0.25) is 0 Å². The van der Waals surface area contributed by atoms with Crippen LogP contribution in [0.5, 0.6) is 0 Å². The second kappa shape index (κ2) is 3.65. The van der Waals surface area contributed by atoms with E-state index in [-0.39, 0.29) is 0 Å². The molecule has 0 atom stereocenters. The predicted molar refractivity (Wildman–Crippen MR) is 35.7 cm³/mol. The topological polar surface area (TPSA) is 87.3 Å². The normalized spacial score (nSPS) is 13.4. The molecule has 0 spiro atoms. The summed E-state index contributed by atoms with van der Waals surface area (Å²) in [5, 5.41) is 0. The summed E-state index contributed by atoms with van der Waals surface area (Å²) in [6.45, 7) is 0. The minimum absolute atomic E-state index is 0.333. The van der Waals surface area contributed by atoms with Gasteiger partial charge in [0.25, 0.3) is 0 Å². The molecule has 0 heterocycles. The van der Waals surface area contributed by atoms with Crippen LogP contribution in [0.25, 0.3) is 0 Å². The van der Waals surface area contributed by atoms with Crippen LogP contribution in [0.2, 0.25) is 0 Å². The number of nitrogens with two attached hydrogens (primary N) is 3. The maximum atomic E-state index is 5.30. The first kappa shape index (κ1) is 7.68. The highest BCUT2D eigenvalue weighted by Gasteiger charge is 1.95. The summed E-state index contributed by atoms with van der Waals surface area (Å²) >= 11 is 0. The summed E-state index contributed by atoms with van der Waals surface area (Å²) in [5.41, 5.74) is 15.8. The Morgan fingerprint density at radius 3 is 2.00 bits per heavy atom. The number of rotatable bonds is 2. The number of ether oxygens (including phenoxy) is 1. The third-order valence-corrected chi connectivity index (χ3v) is 0.835. The minimum atomic E-state index is 0.333. The number of hydrogen-bond acceptors (Lipinski definition) is 4. The Morgan fingerprint density at radius 1 is 1.33 bits per heavy atom. The third-order valence-electron chi connectivity index (χ3n) is 0.835. The largest absolute Gasteiger partial charge is 0.493 e. The lowest BCUT2D eigenvalue weighted by molar-refractivity contribution is 0.298. The second-order valence-corrected chi connectivity index (χ2v) is 1.36. The standard InChI is InChI=1S/C5H11N3O/c1-9-5(3-7)4(8)2-6/h2-3H,6-8H2,1H3/b4-2+,5-3+. The van der Waals surface area contributed by atoms with Gasteiger partial charge in [0.2, 0.25) is 0 Å². The fourth-order valence-electron chi connectivity index (χ4n) is 0.364. The van der Waals surface area contributed by atoms with E-state index in [0.29, 0.717) is 11.5 Å². The van der Waals surface area contributed by atoms with E-state index in [2.05, 4.69) is 0 Å². The van der Waals surface area contributed by atoms with Crippen molar-refractivity contribution in [3.05, 3.63) is 23.9 Å². The summed E-state index contributed by atoms with van der Waals surface area (Å²) in [5.74, 6) is 0.387. The van der Waals surface area contributed by atoms with Crippen molar-refractivity contribution in [3.63, 3.8) is 0 Å². The molecule has 0 aromatic rings. The Labute approximate surface area is 54.0 Å². The van der Waals surface area contributed by atoms with Gasteiger partial charge in [-0.25, -0.2) is 0 Å². The molecule has 0 unspecified atom stereocenters. The summed E-state index contributed by atoms with van der Waals surface area (Å²) < 4.78 is 4.71. The summed E-state index contributed by atoms with van der Waals surface area (Å²) in [6.07, 6.45) is 2.47. The van der Waals surface area contributed by atoms with Crippen molar-refractivity contribution in [2.75, 3.05) is 7.11 Å². The van der Waals surface area contributed by atoms with Crippen LogP contribution in [0.1, 0.15) is 0 Å². The van der Waals surface area contributed by atoms with Gasteiger partial charge in [0, 0.05) is 12.4 Å². The van der Waals surface area contributed by atoms with Crippen LogP contribution in [0.4, 0.5) is 0 Å². The Morgan fingerprint density at radius 2 is 1.89 bits per heavy atom. The van der Waals surface area contributed by atoms with Gasteiger partial charge in [0.05, 0.1) is 12.8 Å². The predicted octanol–water partition coefficient (Wildman–Crippen LogP) is -0.808. The molecule has 0 fully saturated rings. The highest BCUT2D eigenvalue weighted by atomic mass is 16.5. The molecule has 0 radical (unpaired) electrons. The van der Waals surface area contributed by atoms with Crippen molar-refractivity contribution >= 4 is 0 Å². The molecule has 0 aromatic carbocycles. The molecule has 0 aliphatic rings. The van der Waals surface area contributed by atoms with Crippen molar-refractivity contribution in [2.24, 2.45) is 17.2 Å². The lowest BCUT2D eigenvalue weighted by Crippen LogP contribution is -2.07. The fraction of sp³-hybridized carbons (Fsp3) is 0.200. The van der Waals surface area contributed by atoms with Crippen molar-refractivity contribution in [2.45, 2.75) is 0 Å². The fourth-order valence-corrected chi connectivity index (χ4v) is 0.364. The molecule has 4 heteroatoms. The van der Waals surface area contributed by atoms with E-state index in [4.69, 9.17) is 21.9 Å². The van der Waals surface area contributed by atoms with Crippen LogP contribution >= 0.6 is 0 Å². The van der Waals surface area contributed by atoms with Gasteiger partial charge < -0.3 is 21.9 Å². The van der Waals surface area contributed by atoms with E-state index in [1.807, 2.05) is 0 Å². The Balaban J connectivity index is 4.14. The number of methoxy groups -OCH3 is 1. The monoisotopic (exact) mass is 129 g/mol. The van der Waals surface area contributed by atoms with Crippen LogP contribution in [-0.4, -0.2) is 7.11 Å². The molecule has 52 valence electrons. The molecule has 4 nitrogen and oxygen atoms in total. The summed E-state index contributed by atoms with van der Waals surface area (Å²) in [6, 6.07) is 0. The van der Waals surface area contributed by atoms with Gasteiger partial charge in [-0.2, -0.15) is 0 Å². The van der Waals surface area contributed by atoms with Crippen molar-refractivity contribution < 1.29 is 4.74 Å². The molecule has 0 aliphatic heterocycles. The Kier molecular flexibility index (Phi) is 3.12. The van der Waals surface area contributed by atoms with Gasteiger partial charge in [-0.1, -0.05) is 0 Å². The van der Waals surface area contributed by atoms with Gasteiger partial charge in [0.1, 0.15) is 0 Å². The first-order valence-electron chi connectivity index (χ1n) is 2.40. The first-order chi connectivity index (χ1) is 4.26. The highest BCUT2D eigenvalue weighted by molar-refractivity contribution is 5.20. The molecule has 0 aliphatic carbocycles. The van der Waals surface area contributed by atoms with Crippen LogP contribution in [0.15, 0.2) is 23.9 Å². The zero-order chi connectivity index (χ0) is 7.28. The van der Waals surface area contributed by atoms with Gasteiger partial charge in [-0.05, 0) is 0 Å². The molecular weight excluding hydrogens is 118 g/mol. The van der Waals surface area contributed by atoms with Gasteiger partial charge >= 0.3 is 0 Å². The lowest BCUT2D eigenvalue weighted by Gasteiger charge is -2.02. The molecule has 0 rings (SSSR count). The lowest BCUT2D eigenvalue weighted by atomic mass is 10.4. The second-order valence-electron chi connectivity index (χ2n) is 1.36. The summed E-state index contributed by atoms with van der Waals surface area (Å²) in [7, 11) is 1.47. The van der Waals surface area contributed by atoms with Gasteiger partial charge in [0.15, 0.2) is 5.76 Å². The zero-order valence-electron chi connectivity index (χ0n) is 5.29. The number of hydrogen-bond donors (Lipinski definition) is 3. The Hall–Kier alpha value is -1.32. The van der Waals surface area contributed by atoms with E-state index in [0.717, 1.165) is 0 Å².